The first-order valence-corrected chi connectivity index (χ1v) is 7.33. The number of hydrogen-bond donors (Lipinski definition) is 1. The molecule has 2 rings (SSSR count). The van der Waals surface area contributed by atoms with E-state index in [9.17, 15) is 0 Å². The number of benzene rings is 1. The fourth-order valence-corrected chi connectivity index (χ4v) is 2.67. The van der Waals surface area contributed by atoms with Crippen molar-refractivity contribution in [3.63, 3.8) is 0 Å². The van der Waals surface area contributed by atoms with Gasteiger partial charge in [-0.25, -0.2) is 0 Å². The summed E-state index contributed by atoms with van der Waals surface area (Å²) in [4.78, 5) is 0. The Kier molecular flexibility index (Phi) is 5.64. The largest absolute Gasteiger partial charge is 0.374 e. The average Bonchev–Trinajstić information content (AvgIpc) is 2.39. The summed E-state index contributed by atoms with van der Waals surface area (Å²) >= 11 is 5.96. The van der Waals surface area contributed by atoms with Crippen molar-refractivity contribution in [3.8, 4) is 0 Å². The van der Waals surface area contributed by atoms with E-state index in [1.807, 2.05) is 31.2 Å². The first kappa shape index (κ1) is 14.8. The zero-order chi connectivity index (χ0) is 13.7. The molecule has 0 aromatic heterocycles. The van der Waals surface area contributed by atoms with Gasteiger partial charge in [-0.15, -0.1) is 0 Å². The van der Waals surface area contributed by atoms with Crippen molar-refractivity contribution in [2.24, 2.45) is 0 Å². The Morgan fingerprint density at radius 2 is 2.16 bits per heavy atom. The molecular formula is C15H22ClNO2. The van der Waals surface area contributed by atoms with Crippen molar-refractivity contribution in [2.45, 2.75) is 45.1 Å². The maximum atomic E-state index is 5.96. The van der Waals surface area contributed by atoms with Crippen molar-refractivity contribution in [2.75, 3.05) is 13.2 Å². The summed E-state index contributed by atoms with van der Waals surface area (Å²) in [5, 5.41) is 4.18. The highest BCUT2D eigenvalue weighted by Crippen LogP contribution is 2.28. The standard InChI is InChI=1S/C15H22ClNO2/c1-3-17-13-9-14(15(13)18-4-2)19-10-11-6-5-7-12(16)8-11/h5-8,13-15,17H,3-4,9-10H2,1-2H3. The van der Waals surface area contributed by atoms with E-state index in [0.717, 1.165) is 30.2 Å². The van der Waals surface area contributed by atoms with Crippen LogP contribution in [0.2, 0.25) is 5.02 Å². The zero-order valence-electron chi connectivity index (χ0n) is 11.6. The van der Waals surface area contributed by atoms with Crippen molar-refractivity contribution in [1.29, 1.82) is 0 Å². The number of likely N-dealkylation sites (N-methyl/N-ethyl adjacent to an activating group) is 1. The van der Waals surface area contributed by atoms with E-state index in [1.54, 1.807) is 0 Å². The lowest BCUT2D eigenvalue weighted by atomic mass is 9.85. The van der Waals surface area contributed by atoms with Gasteiger partial charge in [0.05, 0.1) is 18.8 Å². The molecule has 0 radical (unpaired) electrons. The second kappa shape index (κ2) is 7.25. The number of ether oxygens (including phenoxy) is 2. The van der Waals surface area contributed by atoms with Crippen molar-refractivity contribution >= 4 is 11.6 Å². The van der Waals surface area contributed by atoms with Gasteiger partial charge in [0, 0.05) is 17.7 Å². The molecule has 1 aromatic rings. The second-order valence-electron chi connectivity index (χ2n) is 4.80. The predicted molar refractivity (Wildman–Crippen MR) is 77.5 cm³/mol. The number of halogens is 1. The van der Waals surface area contributed by atoms with Crippen LogP contribution in [-0.2, 0) is 16.1 Å². The number of rotatable bonds is 7. The second-order valence-corrected chi connectivity index (χ2v) is 5.24. The van der Waals surface area contributed by atoms with Gasteiger partial charge in [0.2, 0.25) is 0 Å². The molecule has 1 aliphatic rings. The Balaban J connectivity index is 1.82. The molecule has 1 fully saturated rings. The molecule has 0 amide bonds. The minimum Gasteiger partial charge on any atom is -0.374 e. The van der Waals surface area contributed by atoms with Crippen molar-refractivity contribution < 1.29 is 9.47 Å². The molecule has 3 unspecified atom stereocenters. The fraction of sp³-hybridized carbons (Fsp3) is 0.600. The van der Waals surface area contributed by atoms with E-state index in [4.69, 9.17) is 21.1 Å². The summed E-state index contributed by atoms with van der Waals surface area (Å²) in [5.74, 6) is 0. The summed E-state index contributed by atoms with van der Waals surface area (Å²) in [7, 11) is 0. The Labute approximate surface area is 120 Å². The molecular weight excluding hydrogens is 262 g/mol. The zero-order valence-corrected chi connectivity index (χ0v) is 12.3. The monoisotopic (exact) mass is 283 g/mol. The molecule has 0 heterocycles. The van der Waals surface area contributed by atoms with Gasteiger partial charge in [0.25, 0.3) is 0 Å². The highest BCUT2D eigenvalue weighted by atomic mass is 35.5. The van der Waals surface area contributed by atoms with E-state index in [0.29, 0.717) is 12.6 Å². The lowest BCUT2D eigenvalue weighted by molar-refractivity contribution is -0.149. The molecule has 3 nitrogen and oxygen atoms in total. The summed E-state index contributed by atoms with van der Waals surface area (Å²) in [6.45, 7) is 6.42. The van der Waals surface area contributed by atoms with Crippen LogP contribution >= 0.6 is 11.6 Å². The van der Waals surface area contributed by atoms with Gasteiger partial charge in [-0.05, 0) is 37.6 Å². The van der Waals surface area contributed by atoms with E-state index >= 15 is 0 Å². The Morgan fingerprint density at radius 1 is 1.32 bits per heavy atom. The highest BCUT2D eigenvalue weighted by molar-refractivity contribution is 6.30. The minimum absolute atomic E-state index is 0.170. The third-order valence-corrected chi connectivity index (χ3v) is 3.66. The van der Waals surface area contributed by atoms with Gasteiger partial charge in [-0.1, -0.05) is 30.7 Å². The highest BCUT2D eigenvalue weighted by Gasteiger charge is 2.42. The molecule has 19 heavy (non-hydrogen) atoms. The third-order valence-electron chi connectivity index (χ3n) is 3.43. The van der Waals surface area contributed by atoms with Crippen LogP contribution in [0.25, 0.3) is 0 Å². The Hall–Kier alpha value is -0.610. The molecule has 1 aliphatic carbocycles. The van der Waals surface area contributed by atoms with Crippen LogP contribution in [0, 0.1) is 0 Å². The van der Waals surface area contributed by atoms with Gasteiger partial charge in [0.1, 0.15) is 0 Å². The van der Waals surface area contributed by atoms with E-state index < -0.39 is 0 Å². The van der Waals surface area contributed by atoms with Crippen LogP contribution in [-0.4, -0.2) is 31.4 Å². The van der Waals surface area contributed by atoms with Gasteiger partial charge in [-0.2, -0.15) is 0 Å². The summed E-state index contributed by atoms with van der Waals surface area (Å²) in [6, 6.07) is 8.22. The first-order chi connectivity index (χ1) is 9.24. The molecule has 0 aliphatic heterocycles. The van der Waals surface area contributed by atoms with Crippen molar-refractivity contribution in [1.82, 2.24) is 5.32 Å². The van der Waals surface area contributed by atoms with Crippen LogP contribution in [0.15, 0.2) is 24.3 Å². The Morgan fingerprint density at radius 3 is 2.84 bits per heavy atom. The molecule has 1 aromatic carbocycles. The van der Waals surface area contributed by atoms with Gasteiger partial charge in [0.15, 0.2) is 0 Å². The molecule has 1 N–H and O–H groups in total. The topological polar surface area (TPSA) is 30.5 Å². The van der Waals surface area contributed by atoms with E-state index in [-0.39, 0.29) is 12.2 Å². The average molecular weight is 284 g/mol. The normalized spacial score (nSPS) is 26.2. The summed E-state index contributed by atoms with van der Waals surface area (Å²) in [5.41, 5.74) is 1.11. The maximum Gasteiger partial charge on any atom is 0.0990 e. The van der Waals surface area contributed by atoms with Gasteiger partial charge in [-0.3, -0.25) is 0 Å². The lowest BCUT2D eigenvalue weighted by Crippen LogP contribution is -2.60. The third kappa shape index (κ3) is 3.93. The minimum atomic E-state index is 0.170. The van der Waals surface area contributed by atoms with Gasteiger partial charge < -0.3 is 14.8 Å². The van der Waals surface area contributed by atoms with Gasteiger partial charge >= 0.3 is 0 Å². The van der Waals surface area contributed by atoms with Crippen LogP contribution in [0.4, 0.5) is 0 Å². The van der Waals surface area contributed by atoms with Crippen LogP contribution in [0.1, 0.15) is 25.8 Å². The first-order valence-electron chi connectivity index (χ1n) is 6.95. The lowest BCUT2D eigenvalue weighted by Gasteiger charge is -2.44. The number of nitrogens with one attached hydrogen (secondary N) is 1. The molecule has 0 bridgehead atoms. The molecule has 0 saturated heterocycles. The van der Waals surface area contributed by atoms with Crippen molar-refractivity contribution in [3.05, 3.63) is 34.9 Å². The SMILES string of the molecule is CCNC1CC(OCc2cccc(Cl)c2)C1OCC. The van der Waals surface area contributed by atoms with Crippen LogP contribution < -0.4 is 5.32 Å². The maximum absolute atomic E-state index is 5.96. The quantitative estimate of drug-likeness (QED) is 0.834. The molecule has 4 heteroatoms. The van der Waals surface area contributed by atoms with E-state index in [1.165, 1.54) is 0 Å². The predicted octanol–water partition coefficient (Wildman–Crippen LogP) is 3.01. The molecule has 3 atom stereocenters. The van der Waals surface area contributed by atoms with E-state index in [2.05, 4.69) is 12.2 Å². The Bertz CT molecular complexity index is 399. The van der Waals surface area contributed by atoms with Crippen LogP contribution in [0.3, 0.4) is 0 Å². The molecule has 1 saturated carbocycles. The fourth-order valence-electron chi connectivity index (χ4n) is 2.45. The molecule has 106 valence electrons. The summed E-state index contributed by atoms with van der Waals surface area (Å²) in [6.07, 6.45) is 1.37. The summed E-state index contributed by atoms with van der Waals surface area (Å²) < 4.78 is 11.7. The smallest absolute Gasteiger partial charge is 0.0990 e. The number of hydrogen-bond acceptors (Lipinski definition) is 3. The van der Waals surface area contributed by atoms with Crippen LogP contribution in [0.5, 0.6) is 0 Å². The molecule has 0 spiro atoms.